The molecule has 4 heteroatoms. The molecule has 4 nitrogen and oxygen atoms in total. The van der Waals surface area contributed by atoms with E-state index in [4.69, 9.17) is 4.98 Å². The zero-order valence-corrected chi connectivity index (χ0v) is 12.8. The van der Waals surface area contributed by atoms with Crippen LogP contribution in [0.15, 0.2) is 24.3 Å². The van der Waals surface area contributed by atoms with Crippen molar-refractivity contribution in [3.63, 3.8) is 0 Å². The Balaban J connectivity index is 1.97. The summed E-state index contributed by atoms with van der Waals surface area (Å²) in [5.41, 5.74) is 1.61. The van der Waals surface area contributed by atoms with E-state index in [9.17, 15) is 5.26 Å². The van der Waals surface area contributed by atoms with Crippen LogP contribution in [0.1, 0.15) is 38.9 Å². The van der Waals surface area contributed by atoms with Crippen LogP contribution in [0.25, 0.3) is 11.0 Å². The Morgan fingerprint density at radius 1 is 1.43 bits per heavy atom. The molecule has 1 aliphatic carbocycles. The summed E-state index contributed by atoms with van der Waals surface area (Å²) in [7, 11) is 0. The van der Waals surface area contributed by atoms with Gasteiger partial charge in [-0.05, 0) is 38.3 Å². The lowest BCUT2D eigenvalue weighted by molar-refractivity contribution is 0.383. The first-order valence-corrected chi connectivity index (χ1v) is 7.78. The second-order valence-corrected chi connectivity index (χ2v) is 6.22. The van der Waals surface area contributed by atoms with Gasteiger partial charge in [0.2, 0.25) is 0 Å². The smallest absolute Gasteiger partial charge is 0.122 e. The number of imidazole rings is 1. The Hall–Kier alpha value is -1.86. The minimum absolute atomic E-state index is 0.513. The highest BCUT2D eigenvalue weighted by Crippen LogP contribution is 2.25. The quantitative estimate of drug-likeness (QED) is 0.886. The number of nitrogens with one attached hydrogen (secondary N) is 1. The predicted molar refractivity (Wildman–Crippen MR) is 83.9 cm³/mol. The number of aromatic nitrogens is 2. The van der Waals surface area contributed by atoms with Crippen molar-refractivity contribution >= 4 is 11.0 Å². The van der Waals surface area contributed by atoms with E-state index in [1.807, 2.05) is 25.1 Å². The van der Waals surface area contributed by atoms with Crippen molar-refractivity contribution in [2.24, 2.45) is 0 Å². The fourth-order valence-electron chi connectivity index (χ4n) is 2.82. The van der Waals surface area contributed by atoms with Crippen LogP contribution in [0.4, 0.5) is 0 Å². The summed E-state index contributed by atoms with van der Waals surface area (Å²) < 4.78 is 2.22. The Bertz CT molecular complexity index is 678. The van der Waals surface area contributed by atoms with E-state index in [2.05, 4.69) is 28.9 Å². The van der Waals surface area contributed by atoms with Crippen molar-refractivity contribution in [2.45, 2.75) is 57.7 Å². The van der Waals surface area contributed by atoms with E-state index in [1.54, 1.807) is 0 Å². The number of hydrogen-bond donors (Lipinski definition) is 1. The maximum absolute atomic E-state index is 9.61. The lowest BCUT2D eigenvalue weighted by Gasteiger charge is -2.25. The zero-order valence-electron chi connectivity index (χ0n) is 12.8. The van der Waals surface area contributed by atoms with Crippen molar-refractivity contribution in [3.8, 4) is 6.07 Å². The van der Waals surface area contributed by atoms with Gasteiger partial charge in [-0.3, -0.25) is 5.32 Å². The van der Waals surface area contributed by atoms with Gasteiger partial charge in [-0.15, -0.1) is 0 Å². The number of nitriles is 1. The molecule has 0 saturated heterocycles. The number of aryl methyl sites for hydroxylation is 1. The number of benzene rings is 1. The minimum atomic E-state index is -0.535. The second-order valence-electron chi connectivity index (χ2n) is 6.22. The lowest BCUT2D eigenvalue weighted by Crippen LogP contribution is -2.46. The first-order chi connectivity index (χ1) is 10.1. The molecule has 2 aromatic rings. The summed E-state index contributed by atoms with van der Waals surface area (Å²) in [6.45, 7) is 4.81. The molecule has 3 rings (SSSR count). The molecular weight excluding hydrogens is 260 g/mol. The maximum atomic E-state index is 9.61. The average Bonchev–Trinajstić information content (AvgIpc) is 3.23. The highest BCUT2D eigenvalue weighted by atomic mass is 15.1. The van der Waals surface area contributed by atoms with Crippen molar-refractivity contribution in [1.82, 2.24) is 14.9 Å². The minimum Gasteiger partial charge on any atom is -0.325 e. The van der Waals surface area contributed by atoms with Gasteiger partial charge < -0.3 is 4.57 Å². The Labute approximate surface area is 125 Å². The van der Waals surface area contributed by atoms with Gasteiger partial charge in [0.05, 0.1) is 23.6 Å². The monoisotopic (exact) mass is 282 g/mol. The molecule has 0 spiro atoms. The summed E-state index contributed by atoms with van der Waals surface area (Å²) in [5, 5.41) is 13.1. The van der Waals surface area contributed by atoms with Crippen molar-refractivity contribution in [3.05, 3.63) is 30.1 Å². The largest absolute Gasteiger partial charge is 0.325 e. The van der Waals surface area contributed by atoms with Crippen LogP contribution in [0.2, 0.25) is 0 Å². The van der Waals surface area contributed by atoms with Gasteiger partial charge in [-0.1, -0.05) is 19.1 Å². The number of nitrogens with zero attached hydrogens (tertiary/aromatic N) is 3. The summed E-state index contributed by atoms with van der Waals surface area (Å²) in [4.78, 5) is 4.74. The van der Waals surface area contributed by atoms with Crippen molar-refractivity contribution < 1.29 is 0 Å². The Morgan fingerprint density at radius 2 is 2.19 bits per heavy atom. The van der Waals surface area contributed by atoms with Crippen molar-refractivity contribution in [2.75, 3.05) is 0 Å². The second kappa shape index (κ2) is 5.50. The maximum Gasteiger partial charge on any atom is 0.122 e. The van der Waals surface area contributed by atoms with Crippen LogP contribution < -0.4 is 5.32 Å². The molecule has 1 N–H and O–H groups in total. The summed E-state index contributed by atoms with van der Waals surface area (Å²) in [6, 6.07) is 11.2. The Morgan fingerprint density at radius 3 is 2.86 bits per heavy atom. The lowest BCUT2D eigenvalue weighted by atomic mass is 10.0. The van der Waals surface area contributed by atoms with Gasteiger partial charge in [0, 0.05) is 12.5 Å². The first-order valence-electron chi connectivity index (χ1n) is 7.78. The number of para-hydroxylation sites is 2. The molecule has 21 heavy (non-hydrogen) atoms. The molecule has 1 atom stereocenters. The number of fused-ring (bicyclic) bond motifs is 1. The topological polar surface area (TPSA) is 53.6 Å². The molecule has 1 saturated carbocycles. The molecule has 1 unspecified atom stereocenters. The third kappa shape index (κ3) is 2.93. The summed E-state index contributed by atoms with van der Waals surface area (Å²) >= 11 is 0. The molecule has 0 amide bonds. The van der Waals surface area contributed by atoms with Gasteiger partial charge >= 0.3 is 0 Å². The molecule has 0 radical (unpaired) electrons. The van der Waals surface area contributed by atoms with E-state index in [0.717, 1.165) is 29.7 Å². The molecule has 1 aliphatic rings. The van der Waals surface area contributed by atoms with E-state index < -0.39 is 5.54 Å². The summed E-state index contributed by atoms with van der Waals surface area (Å²) in [6.07, 6.45) is 4.37. The third-order valence-electron chi connectivity index (χ3n) is 4.03. The molecule has 0 aliphatic heterocycles. The molecule has 1 heterocycles. The van der Waals surface area contributed by atoms with Crippen LogP contribution in [-0.4, -0.2) is 21.1 Å². The van der Waals surface area contributed by atoms with E-state index in [-0.39, 0.29) is 0 Å². The SMILES string of the molecule is CCCc1nc2ccccc2n1CC(C)(C#N)NC1CC1. The van der Waals surface area contributed by atoms with Crippen LogP contribution in [-0.2, 0) is 13.0 Å². The fraction of sp³-hybridized carbons (Fsp3) is 0.529. The third-order valence-corrected chi connectivity index (χ3v) is 4.03. The normalized spacial score (nSPS) is 17.6. The molecule has 1 aromatic carbocycles. The molecule has 0 bridgehead atoms. The van der Waals surface area contributed by atoms with Gasteiger partial charge in [0.1, 0.15) is 11.4 Å². The van der Waals surface area contributed by atoms with Crippen molar-refractivity contribution in [1.29, 1.82) is 5.26 Å². The predicted octanol–water partition coefficient (Wildman–Crippen LogP) is 3.02. The highest BCUT2D eigenvalue weighted by Gasteiger charge is 2.33. The van der Waals surface area contributed by atoms with E-state index in [1.165, 1.54) is 12.8 Å². The Kier molecular flexibility index (Phi) is 3.69. The zero-order chi connectivity index (χ0) is 14.9. The van der Waals surface area contributed by atoms with E-state index in [0.29, 0.717) is 12.6 Å². The standard InChI is InChI=1S/C17H22N4/c1-3-6-16-19-14-7-4-5-8-15(14)21(16)12-17(2,11-18)20-13-9-10-13/h4-5,7-8,13,20H,3,6,9-10,12H2,1-2H3. The van der Waals surface area contributed by atoms with Gasteiger partial charge in [0.15, 0.2) is 0 Å². The average molecular weight is 282 g/mol. The molecule has 110 valence electrons. The highest BCUT2D eigenvalue weighted by molar-refractivity contribution is 5.76. The number of hydrogen-bond acceptors (Lipinski definition) is 3. The van der Waals surface area contributed by atoms with Crippen LogP contribution in [0.5, 0.6) is 0 Å². The molecule has 1 fully saturated rings. The van der Waals surface area contributed by atoms with Gasteiger partial charge in [0.25, 0.3) is 0 Å². The van der Waals surface area contributed by atoms with Crippen LogP contribution in [0, 0.1) is 11.3 Å². The van der Waals surface area contributed by atoms with Gasteiger partial charge in [-0.2, -0.15) is 5.26 Å². The van der Waals surface area contributed by atoms with Crippen LogP contribution in [0.3, 0.4) is 0 Å². The van der Waals surface area contributed by atoms with E-state index >= 15 is 0 Å². The number of rotatable bonds is 6. The van der Waals surface area contributed by atoms with Gasteiger partial charge in [-0.25, -0.2) is 4.98 Å². The summed E-state index contributed by atoms with van der Waals surface area (Å²) in [5.74, 6) is 1.08. The molecule has 1 aromatic heterocycles. The molecular formula is C17H22N4. The fourth-order valence-corrected chi connectivity index (χ4v) is 2.82. The first kappa shape index (κ1) is 14.1. The van der Waals surface area contributed by atoms with Crippen LogP contribution >= 0.6 is 0 Å².